The molecule has 0 unspecified atom stereocenters. The highest BCUT2D eigenvalue weighted by atomic mass is 16.5. The minimum absolute atomic E-state index is 0.0194. The number of carbonyl (C=O) groups is 2. The normalized spacial score (nSPS) is 10.3. The molecule has 0 fully saturated rings. The van der Waals surface area contributed by atoms with E-state index in [0.717, 1.165) is 25.7 Å². The molecule has 0 radical (unpaired) electrons. The standard InChI is InChI=1S/C14H23N3O3/c1-3-20-14(19)9-7-5-4-6-8-13(18)15-12-10-11-17(2)16-12/h10-11H,3-9H2,1-2H3,(H,15,16,18). The molecule has 1 aromatic rings. The minimum atomic E-state index is -0.139. The van der Waals surface area contributed by atoms with E-state index in [-0.39, 0.29) is 11.9 Å². The van der Waals surface area contributed by atoms with E-state index in [9.17, 15) is 9.59 Å². The zero-order valence-electron chi connectivity index (χ0n) is 12.2. The smallest absolute Gasteiger partial charge is 0.305 e. The van der Waals surface area contributed by atoms with Crippen LogP contribution in [0.25, 0.3) is 0 Å². The van der Waals surface area contributed by atoms with Gasteiger partial charge in [-0.15, -0.1) is 0 Å². The molecule has 1 heterocycles. The molecule has 0 spiro atoms. The average Bonchev–Trinajstić information content (AvgIpc) is 2.79. The van der Waals surface area contributed by atoms with Crippen LogP contribution in [-0.4, -0.2) is 28.3 Å². The number of esters is 1. The Bertz CT molecular complexity index is 429. The van der Waals surface area contributed by atoms with Crippen molar-refractivity contribution in [3.8, 4) is 0 Å². The zero-order valence-corrected chi connectivity index (χ0v) is 12.2. The van der Waals surface area contributed by atoms with E-state index < -0.39 is 0 Å². The van der Waals surface area contributed by atoms with Gasteiger partial charge in [-0.05, 0) is 19.8 Å². The number of aromatic nitrogens is 2. The summed E-state index contributed by atoms with van der Waals surface area (Å²) in [4.78, 5) is 22.7. The Morgan fingerprint density at radius 1 is 1.25 bits per heavy atom. The predicted molar refractivity (Wildman–Crippen MR) is 76.2 cm³/mol. The van der Waals surface area contributed by atoms with E-state index >= 15 is 0 Å². The number of unbranched alkanes of at least 4 members (excludes halogenated alkanes) is 3. The Kier molecular flexibility index (Phi) is 7.39. The molecular formula is C14H23N3O3. The molecule has 0 aliphatic carbocycles. The van der Waals surface area contributed by atoms with Gasteiger partial charge in [0.1, 0.15) is 0 Å². The molecule has 0 saturated carbocycles. The summed E-state index contributed by atoms with van der Waals surface area (Å²) in [7, 11) is 1.80. The van der Waals surface area contributed by atoms with Crippen molar-refractivity contribution in [2.75, 3.05) is 11.9 Å². The fraction of sp³-hybridized carbons (Fsp3) is 0.643. The Morgan fingerprint density at radius 3 is 2.55 bits per heavy atom. The number of rotatable bonds is 9. The van der Waals surface area contributed by atoms with Crippen LogP contribution in [0.2, 0.25) is 0 Å². The van der Waals surface area contributed by atoms with Crippen molar-refractivity contribution < 1.29 is 14.3 Å². The first-order chi connectivity index (χ1) is 9.61. The molecule has 1 N–H and O–H groups in total. The molecule has 20 heavy (non-hydrogen) atoms. The first kappa shape index (κ1) is 16.2. The fourth-order valence-corrected chi connectivity index (χ4v) is 1.83. The maximum atomic E-state index is 11.6. The van der Waals surface area contributed by atoms with Crippen molar-refractivity contribution in [3.63, 3.8) is 0 Å². The first-order valence-electron chi connectivity index (χ1n) is 7.07. The summed E-state index contributed by atoms with van der Waals surface area (Å²) >= 11 is 0. The summed E-state index contributed by atoms with van der Waals surface area (Å²) in [5.41, 5.74) is 0. The highest BCUT2D eigenvalue weighted by Crippen LogP contribution is 2.08. The Balaban J connectivity index is 2.01. The quantitative estimate of drug-likeness (QED) is 0.556. The SMILES string of the molecule is CCOC(=O)CCCCCCC(=O)Nc1ccn(C)n1. The van der Waals surface area contributed by atoms with Crippen molar-refractivity contribution in [3.05, 3.63) is 12.3 Å². The van der Waals surface area contributed by atoms with Gasteiger partial charge in [0.25, 0.3) is 0 Å². The molecule has 0 atom stereocenters. The molecule has 0 saturated heterocycles. The molecule has 6 heteroatoms. The van der Waals surface area contributed by atoms with Crippen molar-refractivity contribution in [1.29, 1.82) is 0 Å². The van der Waals surface area contributed by atoms with Crippen LogP contribution in [-0.2, 0) is 21.4 Å². The van der Waals surface area contributed by atoms with Gasteiger partial charge >= 0.3 is 5.97 Å². The third-order valence-corrected chi connectivity index (χ3v) is 2.82. The number of aryl methyl sites for hydroxylation is 1. The maximum Gasteiger partial charge on any atom is 0.305 e. The monoisotopic (exact) mass is 281 g/mol. The largest absolute Gasteiger partial charge is 0.466 e. The molecule has 112 valence electrons. The minimum Gasteiger partial charge on any atom is -0.466 e. The van der Waals surface area contributed by atoms with Gasteiger partial charge in [-0.1, -0.05) is 12.8 Å². The number of ether oxygens (including phenoxy) is 1. The van der Waals surface area contributed by atoms with E-state index in [4.69, 9.17) is 4.74 Å². The van der Waals surface area contributed by atoms with Crippen molar-refractivity contribution in [2.45, 2.75) is 45.4 Å². The second-order valence-corrected chi connectivity index (χ2v) is 4.64. The summed E-state index contributed by atoms with van der Waals surface area (Å²) in [6.45, 7) is 2.24. The van der Waals surface area contributed by atoms with Gasteiger partial charge < -0.3 is 10.1 Å². The number of nitrogens with zero attached hydrogens (tertiary/aromatic N) is 2. The fourth-order valence-electron chi connectivity index (χ4n) is 1.83. The van der Waals surface area contributed by atoms with Crippen molar-refractivity contribution in [2.24, 2.45) is 7.05 Å². The Labute approximate surface area is 119 Å². The topological polar surface area (TPSA) is 73.2 Å². The van der Waals surface area contributed by atoms with Gasteiger partial charge in [-0.2, -0.15) is 5.10 Å². The van der Waals surface area contributed by atoms with E-state index in [1.54, 1.807) is 30.9 Å². The van der Waals surface area contributed by atoms with Gasteiger partial charge in [0, 0.05) is 32.2 Å². The lowest BCUT2D eigenvalue weighted by atomic mass is 10.1. The van der Waals surface area contributed by atoms with Crippen LogP contribution in [0.5, 0.6) is 0 Å². The summed E-state index contributed by atoms with van der Waals surface area (Å²) in [6, 6.07) is 1.76. The third kappa shape index (κ3) is 6.92. The van der Waals surface area contributed by atoms with Crippen LogP contribution >= 0.6 is 0 Å². The number of hydrogen-bond acceptors (Lipinski definition) is 4. The Hall–Kier alpha value is -1.85. The van der Waals surface area contributed by atoms with Crippen molar-refractivity contribution in [1.82, 2.24) is 9.78 Å². The highest BCUT2D eigenvalue weighted by Gasteiger charge is 2.05. The second-order valence-electron chi connectivity index (χ2n) is 4.64. The molecule has 0 aliphatic heterocycles. The van der Waals surface area contributed by atoms with Crippen LogP contribution in [0.15, 0.2) is 12.3 Å². The second kappa shape index (κ2) is 9.12. The number of nitrogens with one attached hydrogen (secondary N) is 1. The predicted octanol–water partition coefficient (Wildman–Crippen LogP) is 2.26. The number of carbonyl (C=O) groups excluding carboxylic acids is 2. The molecular weight excluding hydrogens is 258 g/mol. The molecule has 1 aromatic heterocycles. The van der Waals surface area contributed by atoms with Crippen LogP contribution < -0.4 is 5.32 Å². The van der Waals surface area contributed by atoms with E-state index in [1.165, 1.54) is 0 Å². The number of anilines is 1. The first-order valence-corrected chi connectivity index (χ1v) is 7.07. The average molecular weight is 281 g/mol. The van der Waals surface area contributed by atoms with Crippen molar-refractivity contribution >= 4 is 17.7 Å². The van der Waals surface area contributed by atoms with Crippen LogP contribution in [0, 0.1) is 0 Å². The Morgan fingerprint density at radius 2 is 1.95 bits per heavy atom. The molecule has 1 amide bonds. The summed E-state index contributed by atoms with van der Waals surface area (Å²) in [6.07, 6.45) is 6.25. The number of amides is 1. The lowest BCUT2D eigenvalue weighted by Gasteiger charge is -2.03. The van der Waals surface area contributed by atoms with Crippen LogP contribution in [0.4, 0.5) is 5.82 Å². The van der Waals surface area contributed by atoms with Gasteiger partial charge in [0.05, 0.1) is 6.61 Å². The highest BCUT2D eigenvalue weighted by molar-refractivity contribution is 5.89. The lowest BCUT2D eigenvalue weighted by Crippen LogP contribution is -2.11. The van der Waals surface area contributed by atoms with E-state index in [2.05, 4.69) is 10.4 Å². The maximum absolute atomic E-state index is 11.6. The van der Waals surface area contributed by atoms with Crippen LogP contribution in [0.3, 0.4) is 0 Å². The third-order valence-electron chi connectivity index (χ3n) is 2.82. The molecule has 0 aromatic carbocycles. The van der Waals surface area contributed by atoms with E-state index in [0.29, 0.717) is 25.3 Å². The summed E-state index contributed by atoms with van der Waals surface area (Å²) in [5, 5.41) is 6.82. The van der Waals surface area contributed by atoms with Gasteiger partial charge in [0.15, 0.2) is 5.82 Å². The van der Waals surface area contributed by atoms with Gasteiger partial charge in [-0.25, -0.2) is 0 Å². The summed E-state index contributed by atoms with van der Waals surface area (Å²) < 4.78 is 6.49. The molecule has 0 aliphatic rings. The summed E-state index contributed by atoms with van der Waals surface area (Å²) in [5.74, 6) is 0.425. The van der Waals surface area contributed by atoms with Gasteiger partial charge in [-0.3, -0.25) is 14.3 Å². The number of hydrogen-bond donors (Lipinski definition) is 1. The lowest BCUT2D eigenvalue weighted by molar-refractivity contribution is -0.143. The molecule has 1 rings (SSSR count). The van der Waals surface area contributed by atoms with E-state index in [1.807, 2.05) is 0 Å². The van der Waals surface area contributed by atoms with Crippen LogP contribution in [0.1, 0.15) is 45.4 Å². The molecule has 6 nitrogen and oxygen atoms in total. The van der Waals surface area contributed by atoms with Gasteiger partial charge in [0.2, 0.25) is 5.91 Å². The zero-order chi connectivity index (χ0) is 14.8. The molecule has 0 bridgehead atoms.